The lowest BCUT2D eigenvalue weighted by Gasteiger charge is -2.08. The first-order valence-electron chi connectivity index (χ1n) is 4.93. The summed E-state index contributed by atoms with van der Waals surface area (Å²) in [6.45, 7) is 1.81. The molecule has 0 aliphatic carbocycles. The van der Waals surface area contributed by atoms with E-state index in [1.165, 1.54) is 0 Å². The highest BCUT2D eigenvalue weighted by molar-refractivity contribution is 9.10. The maximum absolute atomic E-state index is 9.22. The maximum atomic E-state index is 9.22. The summed E-state index contributed by atoms with van der Waals surface area (Å²) in [7, 11) is 2.59. The molecule has 0 atom stereocenters. The van der Waals surface area contributed by atoms with Crippen LogP contribution in [0.4, 0.5) is 0 Å². The molecule has 1 aromatic heterocycles. The second-order valence-electron chi connectivity index (χ2n) is 3.48. The summed E-state index contributed by atoms with van der Waals surface area (Å²) in [5.74, 6) is 1.82. The second kappa shape index (κ2) is 4.93. The topological polar surface area (TPSA) is 55.5 Å². The molecule has 4 nitrogen and oxygen atoms in total. The SMILES string of the molecule is COc1cc(-c2ncc(C)o2)c([B]O)cc1Br. The molecule has 17 heavy (non-hydrogen) atoms. The quantitative estimate of drug-likeness (QED) is 0.875. The number of rotatable bonds is 3. The van der Waals surface area contributed by atoms with Gasteiger partial charge < -0.3 is 14.2 Å². The van der Waals surface area contributed by atoms with Crippen LogP contribution in [0.3, 0.4) is 0 Å². The molecule has 0 saturated carbocycles. The van der Waals surface area contributed by atoms with E-state index < -0.39 is 0 Å². The lowest BCUT2D eigenvalue weighted by molar-refractivity contribution is 0.412. The van der Waals surface area contributed by atoms with Crippen molar-refractivity contribution in [2.24, 2.45) is 0 Å². The molecule has 0 aliphatic heterocycles. The van der Waals surface area contributed by atoms with E-state index in [0.717, 1.165) is 12.0 Å². The number of ether oxygens (including phenoxy) is 1. The first-order valence-corrected chi connectivity index (χ1v) is 5.72. The molecule has 2 rings (SSSR count). The Balaban J connectivity index is 2.58. The third-order valence-electron chi connectivity index (χ3n) is 2.31. The second-order valence-corrected chi connectivity index (χ2v) is 4.33. The molecule has 0 unspecified atom stereocenters. The Morgan fingerprint density at radius 3 is 2.76 bits per heavy atom. The Morgan fingerprint density at radius 1 is 1.47 bits per heavy atom. The van der Waals surface area contributed by atoms with Crippen molar-refractivity contribution in [3.05, 3.63) is 28.6 Å². The van der Waals surface area contributed by atoms with Crippen molar-refractivity contribution in [1.82, 2.24) is 4.98 Å². The minimum atomic E-state index is 0.452. The number of aryl methyl sites for hydroxylation is 1. The first-order chi connectivity index (χ1) is 8.15. The molecule has 0 spiro atoms. The Kier molecular flexibility index (Phi) is 3.54. The number of hydrogen-bond donors (Lipinski definition) is 1. The summed E-state index contributed by atoms with van der Waals surface area (Å²) in [4.78, 5) is 4.13. The average Bonchev–Trinajstić information content (AvgIpc) is 2.75. The smallest absolute Gasteiger partial charge is 0.327 e. The van der Waals surface area contributed by atoms with E-state index in [1.54, 1.807) is 25.4 Å². The van der Waals surface area contributed by atoms with Gasteiger partial charge in [0.1, 0.15) is 11.5 Å². The van der Waals surface area contributed by atoms with Crippen molar-refractivity contribution in [1.29, 1.82) is 0 Å². The fourth-order valence-corrected chi connectivity index (χ4v) is 2.02. The van der Waals surface area contributed by atoms with Gasteiger partial charge in [-0.1, -0.05) is 0 Å². The summed E-state index contributed by atoms with van der Waals surface area (Å²) in [6, 6.07) is 3.51. The average molecular weight is 295 g/mol. The maximum Gasteiger partial charge on any atom is 0.327 e. The van der Waals surface area contributed by atoms with Gasteiger partial charge in [0.15, 0.2) is 0 Å². The highest BCUT2D eigenvalue weighted by Gasteiger charge is 2.14. The van der Waals surface area contributed by atoms with Gasteiger partial charge in [0, 0.05) is 5.56 Å². The molecule has 0 aliphatic rings. The Bertz CT molecular complexity index is 542. The molecule has 0 bridgehead atoms. The van der Waals surface area contributed by atoms with Crippen LogP contribution in [0.1, 0.15) is 5.76 Å². The number of nitrogens with zero attached hydrogens (tertiary/aromatic N) is 1. The van der Waals surface area contributed by atoms with Crippen molar-refractivity contribution in [2.45, 2.75) is 6.92 Å². The van der Waals surface area contributed by atoms with Crippen molar-refractivity contribution in [3.63, 3.8) is 0 Å². The van der Waals surface area contributed by atoms with Gasteiger partial charge in [-0.05, 0) is 40.4 Å². The summed E-state index contributed by atoms with van der Waals surface area (Å²) in [6.07, 6.45) is 1.63. The molecular weight excluding hydrogens is 285 g/mol. The zero-order valence-corrected chi connectivity index (χ0v) is 11.0. The van der Waals surface area contributed by atoms with Crippen LogP contribution < -0.4 is 10.2 Å². The summed E-state index contributed by atoms with van der Waals surface area (Å²) in [5.41, 5.74) is 1.29. The fourth-order valence-electron chi connectivity index (χ4n) is 1.50. The van der Waals surface area contributed by atoms with E-state index >= 15 is 0 Å². The van der Waals surface area contributed by atoms with Crippen LogP contribution in [0, 0.1) is 6.92 Å². The zero-order valence-electron chi connectivity index (χ0n) is 9.40. The van der Waals surface area contributed by atoms with Gasteiger partial charge in [0.05, 0.1) is 17.8 Å². The van der Waals surface area contributed by atoms with Crippen LogP contribution >= 0.6 is 15.9 Å². The van der Waals surface area contributed by atoms with Gasteiger partial charge in [-0.15, -0.1) is 0 Å². The van der Waals surface area contributed by atoms with E-state index in [-0.39, 0.29) is 0 Å². The Morgan fingerprint density at radius 2 is 2.24 bits per heavy atom. The third-order valence-corrected chi connectivity index (χ3v) is 2.93. The van der Waals surface area contributed by atoms with E-state index in [2.05, 4.69) is 20.9 Å². The van der Waals surface area contributed by atoms with Crippen molar-refractivity contribution >= 4 is 28.9 Å². The van der Waals surface area contributed by atoms with Crippen LogP contribution in [0.25, 0.3) is 11.5 Å². The third kappa shape index (κ3) is 2.37. The monoisotopic (exact) mass is 294 g/mol. The molecule has 1 radical (unpaired) electrons. The summed E-state index contributed by atoms with van der Waals surface area (Å²) >= 11 is 3.35. The van der Waals surface area contributed by atoms with E-state index in [9.17, 15) is 5.02 Å². The van der Waals surface area contributed by atoms with Crippen LogP contribution in [0.2, 0.25) is 0 Å². The van der Waals surface area contributed by atoms with Crippen LogP contribution in [0.5, 0.6) is 5.75 Å². The number of methoxy groups -OCH3 is 1. The summed E-state index contributed by atoms with van der Waals surface area (Å²) < 4.78 is 11.4. The van der Waals surface area contributed by atoms with Crippen LogP contribution in [-0.4, -0.2) is 24.6 Å². The molecule has 6 heteroatoms. The molecule has 0 amide bonds. The molecule has 2 aromatic rings. The van der Waals surface area contributed by atoms with Crippen LogP contribution in [0.15, 0.2) is 27.2 Å². The molecule has 1 heterocycles. The minimum absolute atomic E-state index is 0.452. The Labute approximate surface area is 108 Å². The van der Waals surface area contributed by atoms with Gasteiger partial charge >= 0.3 is 7.48 Å². The van der Waals surface area contributed by atoms with Crippen LogP contribution in [-0.2, 0) is 0 Å². The highest BCUT2D eigenvalue weighted by Crippen LogP contribution is 2.29. The largest absolute Gasteiger partial charge is 0.496 e. The standard InChI is InChI=1S/C11H10BBrNO3/c1-6-5-14-11(17-6)7-3-10(16-2)9(13)4-8(7)12-15/h3-5,15H,1-2H3. The van der Waals surface area contributed by atoms with E-state index in [4.69, 9.17) is 9.15 Å². The molecule has 87 valence electrons. The van der Waals surface area contributed by atoms with Gasteiger partial charge in [0.2, 0.25) is 5.89 Å². The molecule has 1 aromatic carbocycles. The predicted octanol–water partition coefficient (Wildman–Crippen LogP) is 1.66. The summed E-state index contributed by atoms with van der Waals surface area (Å²) in [5, 5.41) is 9.22. The lowest BCUT2D eigenvalue weighted by Crippen LogP contribution is -2.17. The van der Waals surface area contributed by atoms with Crippen molar-refractivity contribution in [2.75, 3.05) is 7.11 Å². The molecular formula is C11H10BBrNO3. The number of aromatic nitrogens is 1. The molecule has 1 N–H and O–H groups in total. The van der Waals surface area contributed by atoms with Crippen molar-refractivity contribution < 1.29 is 14.2 Å². The molecule has 0 saturated heterocycles. The lowest BCUT2D eigenvalue weighted by atomic mass is 9.84. The van der Waals surface area contributed by atoms with Gasteiger partial charge in [-0.25, -0.2) is 4.98 Å². The number of oxazole rings is 1. The predicted molar refractivity (Wildman–Crippen MR) is 68.5 cm³/mol. The number of halogens is 1. The Hall–Kier alpha value is -1.27. The highest BCUT2D eigenvalue weighted by atomic mass is 79.9. The zero-order chi connectivity index (χ0) is 12.4. The van der Waals surface area contributed by atoms with Crippen molar-refractivity contribution in [3.8, 4) is 17.2 Å². The van der Waals surface area contributed by atoms with Gasteiger partial charge in [-0.3, -0.25) is 0 Å². The first kappa shape index (κ1) is 12.2. The normalized spacial score (nSPS) is 10.4. The fraction of sp³-hybridized carbons (Fsp3) is 0.182. The number of hydrogen-bond acceptors (Lipinski definition) is 4. The van der Waals surface area contributed by atoms with E-state index in [0.29, 0.717) is 28.4 Å². The van der Waals surface area contributed by atoms with Gasteiger partial charge in [0.25, 0.3) is 0 Å². The van der Waals surface area contributed by atoms with Gasteiger partial charge in [-0.2, -0.15) is 0 Å². The minimum Gasteiger partial charge on any atom is -0.496 e. The van der Waals surface area contributed by atoms with E-state index in [1.807, 2.05) is 6.92 Å². The number of benzene rings is 1. The molecule has 0 fully saturated rings.